The molecule has 0 aliphatic carbocycles. The van der Waals surface area contributed by atoms with Gasteiger partial charge in [0.25, 0.3) is 5.91 Å². The van der Waals surface area contributed by atoms with Gasteiger partial charge < -0.3 is 24.5 Å². The summed E-state index contributed by atoms with van der Waals surface area (Å²) in [6, 6.07) is 12.7. The van der Waals surface area contributed by atoms with Crippen LogP contribution in [0.4, 0.5) is 5.69 Å². The number of hydrogen-bond acceptors (Lipinski definition) is 5. The fourth-order valence-corrected chi connectivity index (χ4v) is 6.54. The predicted molar refractivity (Wildman–Crippen MR) is 141 cm³/mol. The van der Waals surface area contributed by atoms with Crippen molar-refractivity contribution in [2.75, 3.05) is 38.2 Å². The van der Waals surface area contributed by atoms with Crippen LogP contribution < -0.4 is 4.90 Å². The average molecular weight is 504 g/mol. The van der Waals surface area contributed by atoms with Crippen molar-refractivity contribution in [3.05, 3.63) is 67.8 Å². The third kappa shape index (κ3) is 3.86. The van der Waals surface area contributed by atoms with Crippen molar-refractivity contribution < 1.29 is 24.2 Å². The van der Waals surface area contributed by atoms with Gasteiger partial charge in [-0.2, -0.15) is 0 Å². The molecule has 2 aromatic carbocycles. The van der Waals surface area contributed by atoms with Crippen LogP contribution in [0.2, 0.25) is 0 Å². The standard InChI is InChI=1S/C29H33N3O5/c1-4-14-30(3)26(34)23-22-12-13-29(37-22)24(23)27(35)32(16-17-33)25(29)28(36)31(15-5-2)21-11-10-19-8-6-7-9-20(19)18-21/h4-11,18,22-25,33H,1-2,12-17H2,3H3/t22-,23+,24-,25?,29?/m0/s1. The number of hydrogen-bond donors (Lipinski definition) is 1. The van der Waals surface area contributed by atoms with Gasteiger partial charge in [-0.15, -0.1) is 13.2 Å². The Morgan fingerprint density at radius 3 is 2.57 bits per heavy atom. The van der Waals surface area contributed by atoms with E-state index in [1.807, 2.05) is 42.5 Å². The molecule has 8 nitrogen and oxygen atoms in total. The molecule has 3 heterocycles. The van der Waals surface area contributed by atoms with Gasteiger partial charge >= 0.3 is 0 Å². The summed E-state index contributed by atoms with van der Waals surface area (Å²) >= 11 is 0. The summed E-state index contributed by atoms with van der Waals surface area (Å²) in [6.07, 6.45) is 3.96. The van der Waals surface area contributed by atoms with Crippen LogP contribution in [0.15, 0.2) is 67.8 Å². The molecule has 1 N–H and O–H groups in total. The third-order valence-electron chi connectivity index (χ3n) is 8.06. The number of rotatable bonds is 9. The van der Waals surface area contributed by atoms with E-state index in [1.54, 1.807) is 29.0 Å². The topological polar surface area (TPSA) is 90.4 Å². The second-order valence-corrected chi connectivity index (χ2v) is 10.1. The Hall–Kier alpha value is -3.49. The Bertz CT molecular complexity index is 1260. The fourth-order valence-electron chi connectivity index (χ4n) is 6.54. The number of aliphatic hydroxyl groups excluding tert-OH is 1. The minimum atomic E-state index is -1.11. The Morgan fingerprint density at radius 1 is 1.14 bits per heavy atom. The molecule has 8 heteroatoms. The number of benzene rings is 2. The highest BCUT2D eigenvalue weighted by molar-refractivity contribution is 6.05. The number of anilines is 1. The average Bonchev–Trinajstić information content (AvgIpc) is 3.54. The van der Waals surface area contributed by atoms with E-state index in [0.29, 0.717) is 25.1 Å². The summed E-state index contributed by atoms with van der Waals surface area (Å²) in [7, 11) is 1.68. The monoisotopic (exact) mass is 503 g/mol. The van der Waals surface area contributed by atoms with Gasteiger partial charge in [-0.25, -0.2) is 0 Å². The lowest BCUT2D eigenvalue weighted by molar-refractivity contribution is -0.144. The highest BCUT2D eigenvalue weighted by atomic mass is 16.5. The Labute approximate surface area is 216 Å². The van der Waals surface area contributed by atoms with Gasteiger partial charge in [-0.1, -0.05) is 42.5 Å². The number of likely N-dealkylation sites (N-methyl/N-ethyl adjacent to an activating group) is 1. The van der Waals surface area contributed by atoms with Crippen molar-refractivity contribution >= 4 is 34.2 Å². The summed E-state index contributed by atoms with van der Waals surface area (Å²) in [5, 5.41) is 11.9. The Balaban J connectivity index is 1.55. The molecule has 5 atom stereocenters. The first-order valence-corrected chi connectivity index (χ1v) is 12.7. The summed E-state index contributed by atoms with van der Waals surface area (Å²) in [5.74, 6) is -2.23. The van der Waals surface area contributed by atoms with Gasteiger partial charge in [0.2, 0.25) is 11.8 Å². The Morgan fingerprint density at radius 2 is 1.86 bits per heavy atom. The molecule has 3 amide bonds. The first-order valence-electron chi connectivity index (χ1n) is 12.7. The quantitative estimate of drug-likeness (QED) is 0.531. The van der Waals surface area contributed by atoms with Crippen LogP contribution in [0.3, 0.4) is 0 Å². The van der Waals surface area contributed by atoms with Crippen molar-refractivity contribution in [2.24, 2.45) is 11.8 Å². The Kier molecular flexibility index (Phi) is 6.64. The SMILES string of the molecule is C=CCN(C)C(=O)[C@@H]1[C@@H]2CCC3(O2)C(C(=O)N(CC=C)c2ccc4ccccc4c2)N(CCO)C(=O)[C@H]13. The van der Waals surface area contributed by atoms with Crippen molar-refractivity contribution in [3.63, 3.8) is 0 Å². The highest BCUT2D eigenvalue weighted by Gasteiger charge is 2.74. The van der Waals surface area contributed by atoms with E-state index in [0.717, 1.165) is 10.8 Å². The molecule has 3 aliphatic heterocycles. The van der Waals surface area contributed by atoms with Gasteiger partial charge in [0.05, 0.1) is 24.5 Å². The molecule has 0 radical (unpaired) electrons. The van der Waals surface area contributed by atoms with E-state index in [1.165, 1.54) is 4.90 Å². The van der Waals surface area contributed by atoms with E-state index >= 15 is 0 Å². The number of ether oxygens (including phenoxy) is 1. The predicted octanol–water partition coefficient (Wildman–Crippen LogP) is 2.37. The summed E-state index contributed by atoms with van der Waals surface area (Å²) < 4.78 is 6.47. The van der Waals surface area contributed by atoms with E-state index in [2.05, 4.69) is 13.2 Å². The lowest BCUT2D eigenvalue weighted by Gasteiger charge is -2.36. The van der Waals surface area contributed by atoms with Crippen LogP contribution in [-0.2, 0) is 19.1 Å². The van der Waals surface area contributed by atoms with E-state index < -0.39 is 29.6 Å². The van der Waals surface area contributed by atoms with Crippen LogP contribution >= 0.6 is 0 Å². The second-order valence-electron chi connectivity index (χ2n) is 10.1. The smallest absolute Gasteiger partial charge is 0.253 e. The number of amides is 3. The lowest BCUT2D eigenvalue weighted by Crippen LogP contribution is -2.57. The van der Waals surface area contributed by atoms with Gasteiger partial charge in [-0.3, -0.25) is 14.4 Å². The maximum absolute atomic E-state index is 14.4. The largest absolute Gasteiger partial charge is 0.395 e. The number of fused-ring (bicyclic) bond motifs is 2. The maximum Gasteiger partial charge on any atom is 0.253 e. The zero-order valence-electron chi connectivity index (χ0n) is 21.1. The highest BCUT2D eigenvalue weighted by Crippen LogP contribution is 2.58. The van der Waals surface area contributed by atoms with Crippen LogP contribution in [0, 0.1) is 11.8 Å². The summed E-state index contributed by atoms with van der Waals surface area (Å²) in [5.41, 5.74) is -0.426. The molecule has 2 unspecified atom stereocenters. The van der Waals surface area contributed by atoms with Crippen molar-refractivity contribution in [2.45, 2.75) is 30.6 Å². The number of likely N-dealkylation sites (tertiary alicyclic amines) is 1. The number of β-amino-alcohol motifs (C(OH)–C–C–N with tert-alkyl or cyclic N) is 1. The molecule has 1 spiro atoms. The van der Waals surface area contributed by atoms with Gasteiger partial charge in [0.15, 0.2) is 0 Å². The molecular formula is C29H33N3O5. The second kappa shape index (κ2) is 9.76. The van der Waals surface area contributed by atoms with E-state index in [9.17, 15) is 19.5 Å². The molecule has 0 aromatic heterocycles. The molecular weight excluding hydrogens is 470 g/mol. The molecule has 3 saturated heterocycles. The minimum absolute atomic E-state index is 0.00935. The van der Waals surface area contributed by atoms with E-state index in [4.69, 9.17) is 4.74 Å². The first kappa shape index (κ1) is 25.2. The van der Waals surface area contributed by atoms with E-state index in [-0.39, 0.29) is 37.4 Å². The molecule has 0 saturated carbocycles. The third-order valence-corrected chi connectivity index (χ3v) is 8.06. The zero-order valence-corrected chi connectivity index (χ0v) is 21.1. The van der Waals surface area contributed by atoms with Crippen molar-refractivity contribution in [3.8, 4) is 0 Å². The van der Waals surface area contributed by atoms with Crippen LogP contribution in [-0.4, -0.2) is 83.7 Å². The number of carbonyl (C=O) groups excluding carboxylic acids is 3. The first-order chi connectivity index (χ1) is 17.9. The molecule has 3 aliphatic rings. The zero-order chi connectivity index (χ0) is 26.3. The molecule has 5 rings (SSSR count). The minimum Gasteiger partial charge on any atom is -0.395 e. The van der Waals surface area contributed by atoms with Crippen molar-refractivity contribution in [1.29, 1.82) is 0 Å². The van der Waals surface area contributed by atoms with Crippen LogP contribution in [0.5, 0.6) is 0 Å². The number of nitrogens with zero attached hydrogens (tertiary/aromatic N) is 3. The number of carbonyl (C=O) groups is 3. The van der Waals surface area contributed by atoms with Crippen LogP contribution in [0.1, 0.15) is 12.8 Å². The van der Waals surface area contributed by atoms with Gasteiger partial charge in [0, 0.05) is 32.4 Å². The summed E-state index contributed by atoms with van der Waals surface area (Å²) in [4.78, 5) is 46.2. The number of aliphatic hydroxyl groups is 1. The molecule has 2 bridgehead atoms. The van der Waals surface area contributed by atoms with Gasteiger partial charge in [0.1, 0.15) is 11.6 Å². The van der Waals surface area contributed by atoms with Crippen LogP contribution in [0.25, 0.3) is 10.8 Å². The fraction of sp³-hybridized carbons (Fsp3) is 0.414. The lowest BCUT2D eigenvalue weighted by atomic mass is 9.70. The van der Waals surface area contributed by atoms with Gasteiger partial charge in [-0.05, 0) is 35.7 Å². The normalized spacial score (nSPS) is 27.8. The summed E-state index contributed by atoms with van der Waals surface area (Å²) in [6.45, 7) is 7.84. The molecule has 37 heavy (non-hydrogen) atoms. The molecule has 2 aromatic rings. The molecule has 3 fully saturated rings. The molecule has 194 valence electrons. The maximum atomic E-state index is 14.4. The van der Waals surface area contributed by atoms with Crippen molar-refractivity contribution in [1.82, 2.24) is 9.80 Å².